The van der Waals surface area contributed by atoms with E-state index in [4.69, 9.17) is 4.74 Å². The van der Waals surface area contributed by atoms with E-state index in [0.717, 1.165) is 6.42 Å². The van der Waals surface area contributed by atoms with Crippen LogP contribution >= 0.6 is 0 Å². The summed E-state index contributed by atoms with van der Waals surface area (Å²) in [6.45, 7) is 6.45. The van der Waals surface area contributed by atoms with Crippen molar-refractivity contribution < 1.29 is 14.6 Å². The van der Waals surface area contributed by atoms with E-state index in [1.54, 1.807) is 4.68 Å². The van der Waals surface area contributed by atoms with Gasteiger partial charge in [0.1, 0.15) is 6.61 Å². The monoisotopic (exact) mass is 268 g/mol. The van der Waals surface area contributed by atoms with Gasteiger partial charge in [-0.3, -0.25) is 4.79 Å². The van der Waals surface area contributed by atoms with Crippen molar-refractivity contribution >= 4 is 5.97 Å². The number of aromatic nitrogens is 4. The fourth-order valence-electron chi connectivity index (χ4n) is 2.06. The highest BCUT2D eigenvalue weighted by Gasteiger charge is 2.45. The van der Waals surface area contributed by atoms with Gasteiger partial charge >= 0.3 is 5.97 Å². The molecule has 0 saturated heterocycles. The van der Waals surface area contributed by atoms with Crippen LogP contribution in [0.1, 0.15) is 45.9 Å². The van der Waals surface area contributed by atoms with Crippen molar-refractivity contribution in [2.75, 3.05) is 0 Å². The summed E-state index contributed by atoms with van der Waals surface area (Å²) < 4.78 is 7.18. The van der Waals surface area contributed by atoms with Gasteiger partial charge in [0.05, 0.1) is 17.6 Å². The Balaban J connectivity index is 2.05. The van der Waals surface area contributed by atoms with Crippen molar-refractivity contribution in [2.24, 2.45) is 5.41 Å². The van der Waals surface area contributed by atoms with Gasteiger partial charge in [-0.2, -0.15) is 0 Å². The zero-order valence-corrected chi connectivity index (χ0v) is 11.6. The summed E-state index contributed by atoms with van der Waals surface area (Å²) in [7, 11) is 0. The Labute approximate surface area is 111 Å². The fraction of sp³-hybridized carbons (Fsp3) is 0.833. The number of carbonyl (C=O) groups is 1. The van der Waals surface area contributed by atoms with Crippen molar-refractivity contribution in [2.45, 2.75) is 58.8 Å². The van der Waals surface area contributed by atoms with Crippen LogP contribution in [-0.4, -0.2) is 36.9 Å². The number of tetrazole rings is 1. The highest BCUT2D eigenvalue weighted by Crippen LogP contribution is 2.42. The predicted molar refractivity (Wildman–Crippen MR) is 66.3 cm³/mol. The molecule has 0 unspecified atom stereocenters. The van der Waals surface area contributed by atoms with Crippen LogP contribution in [-0.2, 0) is 22.7 Å². The summed E-state index contributed by atoms with van der Waals surface area (Å²) in [5, 5.41) is 20.7. The Kier molecular flexibility index (Phi) is 3.58. The SMILES string of the molecule is CC(C)(C)OCc1nnnn1CC1(C(=O)O)CCC1. The van der Waals surface area contributed by atoms with Gasteiger partial charge in [-0.05, 0) is 44.0 Å². The van der Waals surface area contributed by atoms with E-state index in [2.05, 4.69) is 15.5 Å². The molecule has 0 amide bonds. The van der Waals surface area contributed by atoms with Crippen molar-refractivity contribution in [1.82, 2.24) is 20.2 Å². The maximum absolute atomic E-state index is 11.3. The standard InChI is InChI=1S/C12H20N4O3/c1-11(2,3)19-7-9-13-14-15-16(9)8-12(10(17)18)5-4-6-12/h4-8H2,1-3H3,(H,17,18). The topological polar surface area (TPSA) is 90.1 Å². The molecule has 19 heavy (non-hydrogen) atoms. The first-order valence-corrected chi connectivity index (χ1v) is 6.45. The molecule has 1 aromatic rings. The van der Waals surface area contributed by atoms with Crippen LogP contribution in [0.4, 0.5) is 0 Å². The summed E-state index contributed by atoms with van der Waals surface area (Å²) in [5.41, 5.74) is -0.983. The lowest BCUT2D eigenvalue weighted by molar-refractivity contribution is -0.156. The number of aliphatic carboxylic acids is 1. The Hall–Kier alpha value is -1.50. The first-order chi connectivity index (χ1) is 8.82. The molecule has 0 atom stereocenters. The van der Waals surface area contributed by atoms with Crippen LogP contribution in [0.3, 0.4) is 0 Å². The molecule has 1 aliphatic rings. The van der Waals surface area contributed by atoms with Gasteiger partial charge in [0.25, 0.3) is 0 Å². The second kappa shape index (κ2) is 4.88. The lowest BCUT2D eigenvalue weighted by Crippen LogP contribution is -2.42. The van der Waals surface area contributed by atoms with E-state index < -0.39 is 11.4 Å². The molecule has 7 nitrogen and oxygen atoms in total. The molecular formula is C12H20N4O3. The summed E-state index contributed by atoms with van der Waals surface area (Å²) in [6.07, 6.45) is 2.31. The van der Waals surface area contributed by atoms with E-state index in [-0.39, 0.29) is 12.2 Å². The number of hydrogen-bond donors (Lipinski definition) is 1. The molecule has 1 aromatic heterocycles. The van der Waals surface area contributed by atoms with Gasteiger partial charge < -0.3 is 9.84 Å². The lowest BCUT2D eigenvalue weighted by atomic mass is 9.69. The Morgan fingerprint density at radius 2 is 2.16 bits per heavy atom. The van der Waals surface area contributed by atoms with Crippen LogP contribution in [0.15, 0.2) is 0 Å². The number of carboxylic acid groups (broad SMARTS) is 1. The number of rotatable bonds is 5. The summed E-state index contributed by atoms with van der Waals surface area (Å²) in [5.74, 6) is -0.195. The number of carboxylic acids is 1. The minimum Gasteiger partial charge on any atom is -0.481 e. The van der Waals surface area contributed by atoms with Crippen molar-refractivity contribution in [3.63, 3.8) is 0 Å². The van der Waals surface area contributed by atoms with Crippen molar-refractivity contribution in [3.8, 4) is 0 Å². The normalized spacial score (nSPS) is 18.1. The highest BCUT2D eigenvalue weighted by molar-refractivity contribution is 5.75. The third kappa shape index (κ3) is 3.09. The molecule has 1 heterocycles. The molecule has 0 radical (unpaired) electrons. The van der Waals surface area contributed by atoms with Crippen LogP contribution in [0.5, 0.6) is 0 Å². The van der Waals surface area contributed by atoms with E-state index >= 15 is 0 Å². The molecule has 1 fully saturated rings. The van der Waals surface area contributed by atoms with E-state index in [1.807, 2.05) is 20.8 Å². The number of ether oxygens (including phenoxy) is 1. The Morgan fingerprint density at radius 1 is 1.47 bits per heavy atom. The smallest absolute Gasteiger partial charge is 0.311 e. The predicted octanol–water partition coefficient (Wildman–Crippen LogP) is 1.24. The fourth-order valence-corrected chi connectivity index (χ4v) is 2.06. The average Bonchev–Trinajstić information content (AvgIpc) is 2.66. The molecule has 0 spiro atoms. The zero-order valence-electron chi connectivity index (χ0n) is 11.6. The van der Waals surface area contributed by atoms with Gasteiger partial charge in [-0.25, -0.2) is 4.68 Å². The zero-order chi connectivity index (χ0) is 14.1. The highest BCUT2D eigenvalue weighted by atomic mass is 16.5. The minimum absolute atomic E-state index is 0.280. The van der Waals surface area contributed by atoms with Gasteiger partial charge in [0.2, 0.25) is 0 Å². The number of hydrogen-bond acceptors (Lipinski definition) is 5. The quantitative estimate of drug-likeness (QED) is 0.864. The maximum Gasteiger partial charge on any atom is 0.311 e. The molecule has 1 aliphatic carbocycles. The molecule has 2 rings (SSSR count). The first kappa shape index (κ1) is 13.9. The van der Waals surface area contributed by atoms with E-state index in [0.29, 0.717) is 25.2 Å². The summed E-state index contributed by atoms with van der Waals surface area (Å²) in [4.78, 5) is 11.3. The third-order valence-electron chi connectivity index (χ3n) is 3.46. The summed E-state index contributed by atoms with van der Waals surface area (Å²) in [6, 6.07) is 0. The van der Waals surface area contributed by atoms with Crippen molar-refractivity contribution in [1.29, 1.82) is 0 Å². The van der Waals surface area contributed by atoms with Crippen molar-refractivity contribution in [3.05, 3.63) is 5.82 Å². The lowest BCUT2D eigenvalue weighted by Gasteiger charge is -2.37. The second-order valence-electron chi connectivity index (χ2n) is 6.09. The van der Waals surface area contributed by atoms with Crippen LogP contribution in [0.25, 0.3) is 0 Å². The molecule has 1 saturated carbocycles. The molecular weight excluding hydrogens is 248 g/mol. The van der Waals surface area contributed by atoms with Crippen LogP contribution < -0.4 is 0 Å². The molecule has 0 aliphatic heterocycles. The second-order valence-corrected chi connectivity index (χ2v) is 6.09. The van der Waals surface area contributed by atoms with Gasteiger partial charge in [-0.15, -0.1) is 5.10 Å². The van der Waals surface area contributed by atoms with Crippen LogP contribution in [0.2, 0.25) is 0 Å². The Bertz CT molecular complexity index is 460. The molecule has 106 valence electrons. The van der Waals surface area contributed by atoms with E-state index in [1.165, 1.54) is 0 Å². The number of nitrogens with zero attached hydrogens (tertiary/aromatic N) is 4. The third-order valence-corrected chi connectivity index (χ3v) is 3.46. The first-order valence-electron chi connectivity index (χ1n) is 6.45. The molecule has 0 aromatic carbocycles. The molecule has 1 N–H and O–H groups in total. The average molecular weight is 268 g/mol. The van der Waals surface area contributed by atoms with Gasteiger partial charge in [0, 0.05) is 0 Å². The van der Waals surface area contributed by atoms with E-state index in [9.17, 15) is 9.90 Å². The molecule has 7 heteroatoms. The van der Waals surface area contributed by atoms with Gasteiger partial charge in [-0.1, -0.05) is 6.42 Å². The largest absolute Gasteiger partial charge is 0.481 e. The summed E-state index contributed by atoms with van der Waals surface area (Å²) >= 11 is 0. The Morgan fingerprint density at radius 3 is 2.63 bits per heavy atom. The maximum atomic E-state index is 11.3. The van der Waals surface area contributed by atoms with Crippen LogP contribution in [0, 0.1) is 5.41 Å². The minimum atomic E-state index is -0.767. The van der Waals surface area contributed by atoms with Gasteiger partial charge in [0.15, 0.2) is 5.82 Å². The molecule has 0 bridgehead atoms.